The highest BCUT2D eigenvalue weighted by Crippen LogP contribution is 2.20. The van der Waals surface area contributed by atoms with Gasteiger partial charge in [-0.2, -0.15) is 0 Å². The van der Waals surface area contributed by atoms with Crippen molar-refractivity contribution < 1.29 is 15.0 Å². The third kappa shape index (κ3) is 4.32. The van der Waals surface area contributed by atoms with Crippen molar-refractivity contribution >= 4 is 5.91 Å². The SMILES string of the molecule is CNCC(C)CNC(=O)c1cc(O)cc(O)c1. The number of carbonyl (C=O) groups is 1. The second-order valence-electron chi connectivity index (χ2n) is 4.11. The summed E-state index contributed by atoms with van der Waals surface area (Å²) in [6, 6.07) is 3.82. The van der Waals surface area contributed by atoms with Crippen molar-refractivity contribution in [1.29, 1.82) is 0 Å². The number of hydrogen-bond donors (Lipinski definition) is 4. The van der Waals surface area contributed by atoms with Crippen LogP contribution in [0.5, 0.6) is 11.5 Å². The van der Waals surface area contributed by atoms with Gasteiger partial charge in [-0.25, -0.2) is 0 Å². The Morgan fingerprint density at radius 2 is 1.82 bits per heavy atom. The van der Waals surface area contributed by atoms with E-state index >= 15 is 0 Å². The van der Waals surface area contributed by atoms with E-state index < -0.39 is 0 Å². The predicted octanol–water partition coefficient (Wildman–Crippen LogP) is 0.683. The molecule has 4 N–H and O–H groups in total. The minimum atomic E-state index is -0.306. The summed E-state index contributed by atoms with van der Waals surface area (Å²) in [5.41, 5.74) is 0.249. The van der Waals surface area contributed by atoms with E-state index in [1.807, 2.05) is 14.0 Å². The zero-order chi connectivity index (χ0) is 12.8. The molecule has 0 fully saturated rings. The predicted molar refractivity (Wildman–Crippen MR) is 65.2 cm³/mol. The van der Waals surface area contributed by atoms with Crippen LogP contribution in [0.25, 0.3) is 0 Å². The maximum Gasteiger partial charge on any atom is 0.251 e. The molecule has 0 saturated heterocycles. The normalized spacial score (nSPS) is 12.1. The molecule has 0 radical (unpaired) electrons. The van der Waals surface area contributed by atoms with Crippen molar-refractivity contribution in [3.63, 3.8) is 0 Å². The molecule has 1 rings (SSSR count). The fraction of sp³-hybridized carbons (Fsp3) is 0.417. The molecule has 94 valence electrons. The van der Waals surface area contributed by atoms with Crippen molar-refractivity contribution in [3.8, 4) is 11.5 Å². The summed E-state index contributed by atoms with van der Waals surface area (Å²) in [4.78, 5) is 11.7. The maximum absolute atomic E-state index is 11.7. The molecular formula is C12H18N2O3. The fourth-order valence-corrected chi connectivity index (χ4v) is 1.52. The average molecular weight is 238 g/mol. The Bertz CT molecular complexity index is 373. The van der Waals surface area contributed by atoms with Crippen LogP contribution in [-0.2, 0) is 0 Å². The molecule has 1 aromatic carbocycles. The van der Waals surface area contributed by atoms with Crippen LogP contribution >= 0.6 is 0 Å². The summed E-state index contributed by atoms with van der Waals surface area (Å²) >= 11 is 0. The molecule has 1 atom stereocenters. The Labute approximate surface area is 100 Å². The highest BCUT2D eigenvalue weighted by atomic mass is 16.3. The van der Waals surface area contributed by atoms with Gasteiger partial charge in [0.2, 0.25) is 0 Å². The second-order valence-corrected chi connectivity index (χ2v) is 4.11. The highest BCUT2D eigenvalue weighted by molar-refractivity contribution is 5.95. The van der Waals surface area contributed by atoms with E-state index in [0.717, 1.165) is 6.54 Å². The number of aromatic hydroxyl groups is 2. The highest BCUT2D eigenvalue weighted by Gasteiger charge is 2.09. The summed E-state index contributed by atoms with van der Waals surface area (Å²) in [5, 5.41) is 24.3. The lowest BCUT2D eigenvalue weighted by Crippen LogP contribution is -2.32. The van der Waals surface area contributed by atoms with Crippen LogP contribution in [0, 0.1) is 5.92 Å². The van der Waals surface area contributed by atoms with E-state index in [0.29, 0.717) is 12.5 Å². The van der Waals surface area contributed by atoms with Crippen LogP contribution in [-0.4, -0.2) is 36.3 Å². The molecule has 5 heteroatoms. The molecule has 1 unspecified atom stereocenters. The minimum Gasteiger partial charge on any atom is -0.508 e. The zero-order valence-corrected chi connectivity index (χ0v) is 10.0. The number of amides is 1. The van der Waals surface area contributed by atoms with Gasteiger partial charge >= 0.3 is 0 Å². The Kier molecular flexibility index (Phi) is 4.78. The van der Waals surface area contributed by atoms with Crippen LogP contribution in [0.3, 0.4) is 0 Å². The van der Waals surface area contributed by atoms with Crippen molar-refractivity contribution in [2.45, 2.75) is 6.92 Å². The van der Waals surface area contributed by atoms with Gasteiger partial charge in [0.1, 0.15) is 11.5 Å². The van der Waals surface area contributed by atoms with E-state index in [-0.39, 0.29) is 23.0 Å². The molecule has 1 amide bonds. The van der Waals surface area contributed by atoms with Gasteiger partial charge in [0, 0.05) is 18.2 Å². The van der Waals surface area contributed by atoms with Crippen molar-refractivity contribution in [1.82, 2.24) is 10.6 Å². The lowest BCUT2D eigenvalue weighted by molar-refractivity contribution is 0.0947. The zero-order valence-electron chi connectivity index (χ0n) is 10.0. The molecular weight excluding hydrogens is 220 g/mol. The number of phenols is 2. The first-order valence-corrected chi connectivity index (χ1v) is 5.48. The summed E-state index contributed by atoms with van der Waals surface area (Å²) in [5.74, 6) is -0.245. The van der Waals surface area contributed by atoms with Gasteiger partial charge in [0.15, 0.2) is 0 Å². The molecule has 0 aliphatic carbocycles. The smallest absolute Gasteiger partial charge is 0.251 e. The molecule has 0 spiro atoms. The Morgan fingerprint density at radius 3 is 2.35 bits per heavy atom. The molecule has 0 heterocycles. The van der Waals surface area contributed by atoms with Crippen LogP contribution in [0.1, 0.15) is 17.3 Å². The van der Waals surface area contributed by atoms with Gasteiger partial charge < -0.3 is 20.8 Å². The number of nitrogens with one attached hydrogen (secondary N) is 2. The van der Waals surface area contributed by atoms with Crippen LogP contribution in [0.15, 0.2) is 18.2 Å². The maximum atomic E-state index is 11.7. The van der Waals surface area contributed by atoms with Crippen LogP contribution in [0.2, 0.25) is 0 Å². The number of phenolic OH excluding ortho intramolecular Hbond substituents is 2. The summed E-state index contributed by atoms with van der Waals surface area (Å²) in [7, 11) is 1.85. The quantitative estimate of drug-likeness (QED) is 0.608. The molecule has 1 aromatic rings. The first-order valence-electron chi connectivity index (χ1n) is 5.48. The standard InChI is InChI=1S/C12H18N2O3/c1-8(6-13-2)7-14-12(17)9-3-10(15)5-11(16)4-9/h3-5,8,13,15-16H,6-7H2,1-2H3,(H,14,17). The molecule has 0 saturated carbocycles. The van der Waals surface area contributed by atoms with Crippen molar-refractivity contribution in [2.24, 2.45) is 5.92 Å². The van der Waals surface area contributed by atoms with E-state index in [1.54, 1.807) is 0 Å². The Balaban J connectivity index is 2.58. The van der Waals surface area contributed by atoms with Gasteiger partial charge in [-0.15, -0.1) is 0 Å². The second kappa shape index (κ2) is 6.10. The van der Waals surface area contributed by atoms with E-state index in [9.17, 15) is 15.0 Å². The van der Waals surface area contributed by atoms with Crippen molar-refractivity contribution in [2.75, 3.05) is 20.1 Å². The summed E-state index contributed by atoms with van der Waals surface area (Å²) in [6.45, 7) is 3.36. The lowest BCUT2D eigenvalue weighted by Gasteiger charge is -2.12. The molecule has 0 bridgehead atoms. The van der Waals surface area contributed by atoms with Gasteiger partial charge in [-0.05, 0) is 31.6 Å². The average Bonchev–Trinajstić information content (AvgIpc) is 2.25. The molecule has 0 aromatic heterocycles. The molecule has 17 heavy (non-hydrogen) atoms. The monoisotopic (exact) mass is 238 g/mol. The van der Waals surface area contributed by atoms with Gasteiger partial charge in [0.25, 0.3) is 5.91 Å². The molecule has 5 nitrogen and oxygen atoms in total. The van der Waals surface area contributed by atoms with Crippen molar-refractivity contribution in [3.05, 3.63) is 23.8 Å². The molecule has 0 aliphatic heterocycles. The number of hydrogen-bond acceptors (Lipinski definition) is 4. The lowest BCUT2D eigenvalue weighted by atomic mass is 10.1. The first kappa shape index (κ1) is 13.3. The summed E-state index contributed by atoms with van der Waals surface area (Å²) < 4.78 is 0. The van der Waals surface area contributed by atoms with Crippen LogP contribution < -0.4 is 10.6 Å². The van der Waals surface area contributed by atoms with Gasteiger partial charge in [0.05, 0.1) is 0 Å². The largest absolute Gasteiger partial charge is 0.508 e. The van der Waals surface area contributed by atoms with Gasteiger partial charge in [-0.1, -0.05) is 6.92 Å². The van der Waals surface area contributed by atoms with E-state index in [4.69, 9.17) is 0 Å². The Hall–Kier alpha value is -1.75. The third-order valence-corrected chi connectivity index (χ3v) is 2.33. The van der Waals surface area contributed by atoms with Crippen LogP contribution in [0.4, 0.5) is 0 Å². The minimum absolute atomic E-state index is 0.126. The number of carbonyl (C=O) groups excluding carboxylic acids is 1. The number of rotatable bonds is 5. The third-order valence-electron chi connectivity index (χ3n) is 2.33. The first-order chi connectivity index (χ1) is 8.02. The summed E-state index contributed by atoms with van der Waals surface area (Å²) in [6.07, 6.45) is 0. The van der Waals surface area contributed by atoms with E-state index in [1.165, 1.54) is 18.2 Å². The molecule has 0 aliphatic rings. The fourth-order valence-electron chi connectivity index (χ4n) is 1.52. The number of benzene rings is 1. The topological polar surface area (TPSA) is 81.6 Å². The van der Waals surface area contributed by atoms with E-state index in [2.05, 4.69) is 10.6 Å². The Morgan fingerprint density at radius 1 is 1.24 bits per heavy atom. The van der Waals surface area contributed by atoms with Gasteiger partial charge in [-0.3, -0.25) is 4.79 Å².